The summed E-state index contributed by atoms with van der Waals surface area (Å²) in [5, 5.41) is 9.83. The van der Waals surface area contributed by atoms with Gasteiger partial charge in [0.1, 0.15) is 0 Å². The first-order valence-electron chi connectivity index (χ1n) is 8.47. The SMILES string of the molecule is CCn1nc(CC2(C3CCCC3)CNC2)c2ccccc21. The topological polar surface area (TPSA) is 29.9 Å². The maximum absolute atomic E-state index is 4.93. The summed E-state index contributed by atoms with van der Waals surface area (Å²) < 4.78 is 2.17. The first-order chi connectivity index (χ1) is 10.3. The van der Waals surface area contributed by atoms with Crippen LogP contribution < -0.4 is 5.32 Å². The fourth-order valence-corrected chi connectivity index (χ4v) is 4.44. The fourth-order valence-electron chi connectivity index (χ4n) is 4.44. The van der Waals surface area contributed by atoms with Crippen LogP contribution in [0.1, 0.15) is 38.3 Å². The van der Waals surface area contributed by atoms with E-state index in [9.17, 15) is 0 Å². The maximum Gasteiger partial charge on any atom is 0.0710 e. The Balaban J connectivity index is 1.70. The van der Waals surface area contributed by atoms with Gasteiger partial charge in [-0.1, -0.05) is 31.0 Å². The molecule has 0 amide bonds. The molecule has 0 unspecified atom stereocenters. The van der Waals surface area contributed by atoms with Crippen molar-refractivity contribution >= 4 is 10.9 Å². The molecule has 4 rings (SSSR count). The summed E-state index contributed by atoms with van der Waals surface area (Å²) in [5.74, 6) is 0.907. The van der Waals surface area contributed by atoms with Crippen LogP contribution in [0, 0.1) is 11.3 Å². The van der Waals surface area contributed by atoms with Crippen molar-refractivity contribution in [2.75, 3.05) is 13.1 Å². The van der Waals surface area contributed by atoms with E-state index < -0.39 is 0 Å². The number of hydrogen-bond donors (Lipinski definition) is 1. The van der Waals surface area contributed by atoms with Crippen molar-refractivity contribution < 1.29 is 0 Å². The van der Waals surface area contributed by atoms with E-state index in [1.54, 1.807) is 0 Å². The van der Waals surface area contributed by atoms with E-state index in [0.717, 1.165) is 18.9 Å². The summed E-state index contributed by atoms with van der Waals surface area (Å²) in [6, 6.07) is 8.72. The summed E-state index contributed by atoms with van der Waals surface area (Å²) in [6.45, 7) is 5.51. The van der Waals surface area contributed by atoms with E-state index in [4.69, 9.17) is 5.10 Å². The highest BCUT2D eigenvalue weighted by molar-refractivity contribution is 5.82. The van der Waals surface area contributed by atoms with Crippen LogP contribution in [-0.2, 0) is 13.0 Å². The lowest BCUT2D eigenvalue weighted by Gasteiger charge is -2.47. The van der Waals surface area contributed by atoms with Crippen molar-refractivity contribution in [3.8, 4) is 0 Å². The summed E-state index contributed by atoms with van der Waals surface area (Å²) in [6.07, 6.45) is 6.85. The Morgan fingerprint density at radius 2 is 2.00 bits per heavy atom. The molecular formula is C18H25N3. The van der Waals surface area contributed by atoms with Crippen LogP contribution in [0.5, 0.6) is 0 Å². The third-order valence-electron chi connectivity index (χ3n) is 5.73. The fraction of sp³-hybridized carbons (Fsp3) is 0.611. The zero-order valence-corrected chi connectivity index (χ0v) is 12.9. The van der Waals surface area contributed by atoms with Gasteiger partial charge in [-0.05, 0) is 31.7 Å². The highest BCUT2D eigenvalue weighted by atomic mass is 15.3. The Hall–Kier alpha value is -1.35. The number of fused-ring (bicyclic) bond motifs is 1. The molecular weight excluding hydrogens is 258 g/mol. The Morgan fingerprint density at radius 3 is 2.67 bits per heavy atom. The summed E-state index contributed by atoms with van der Waals surface area (Å²) in [7, 11) is 0. The molecule has 21 heavy (non-hydrogen) atoms. The van der Waals surface area contributed by atoms with Crippen molar-refractivity contribution in [3.05, 3.63) is 30.0 Å². The highest BCUT2D eigenvalue weighted by Gasteiger charge is 2.45. The number of aryl methyl sites for hydroxylation is 1. The molecule has 2 aromatic rings. The molecule has 1 aromatic heterocycles. The van der Waals surface area contributed by atoms with Gasteiger partial charge in [0.2, 0.25) is 0 Å². The normalized spacial score (nSPS) is 21.8. The van der Waals surface area contributed by atoms with Crippen LogP contribution in [-0.4, -0.2) is 22.9 Å². The van der Waals surface area contributed by atoms with Crippen LogP contribution in [0.2, 0.25) is 0 Å². The van der Waals surface area contributed by atoms with Gasteiger partial charge in [-0.25, -0.2) is 0 Å². The average Bonchev–Trinajstić information content (AvgIpc) is 3.11. The molecule has 2 fully saturated rings. The molecule has 3 nitrogen and oxygen atoms in total. The van der Waals surface area contributed by atoms with Crippen molar-refractivity contribution in [1.29, 1.82) is 0 Å². The number of nitrogens with one attached hydrogen (secondary N) is 1. The molecule has 0 bridgehead atoms. The monoisotopic (exact) mass is 283 g/mol. The highest BCUT2D eigenvalue weighted by Crippen LogP contribution is 2.45. The number of hydrogen-bond acceptors (Lipinski definition) is 2. The van der Waals surface area contributed by atoms with Crippen LogP contribution in [0.25, 0.3) is 10.9 Å². The molecule has 0 radical (unpaired) electrons. The molecule has 0 spiro atoms. The minimum Gasteiger partial charge on any atom is -0.315 e. The van der Waals surface area contributed by atoms with E-state index in [0.29, 0.717) is 5.41 Å². The number of aromatic nitrogens is 2. The molecule has 1 aromatic carbocycles. The number of benzene rings is 1. The Bertz CT molecular complexity index is 633. The molecule has 1 saturated heterocycles. The van der Waals surface area contributed by atoms with E-state index in [1.807, 2.05) is 0 Å². The molecule has 112 valence electrons. The van der Waals surface area contributed by atoms with E-state index in [-0.39, 0.29) is 0 Å². The largest absolute Gasteiger partial charge is 0.315 e. The van der Waals surface area contributed by atoms with Crippen LogP contribution in [0.4, 0.5) is 0 Å². The standard InChI is InChI=1S/C18H25N3/c1-2-21-17-10-6-5-9-15(17)16(20-21)11-18(12-19-13-18)14-7-3-4-8-14/h5-6,9-10,14,19H,2-4,7-8,11-13H2,1H3. The third kappa shape index (κ3) is 2.10. The van der Waals surface area contributed by atoms with Crippen LogP contribution in [0.3, 0.4) is 0 Å². The minimum absolute atomic E-state index is 0.478. The van der Waals surface area contributed by atoms with Gasteiger partial charge < -0.3 is 5.32 Å². The third-order valence-corrected chi connectivity index (χ3v) is 5.73. The lowest BCUT2D eigenvalue weighted by Crippen LogP contribution is -2.58. The molecule has 1 aliphatic carbocycles. The zero-order chi connectivity index (χ0) is 14.3. The Morgan fingerprint density at radius 1 is 1.24 bits per heavy atom. The lowest BCUT2D eigenvalue weighted by atomic mass is 9.66. The average molecular weight is 283 g/mol. The van der Waals surface area contributed by atoms with Gasteiger partial charge in [-0.2, -0.15) is 5.10 Å². The second-order valence-electron chi connectivity index (χ2n) is 6.90. The second-order valence-corrected chi connectivity index (χ2v) is 6.90. The smallest absolute Gasteiger partial charge is 0.0710 e. The Kier molecular flexibility index (Phi) is 3.26. The minimum atomic E-state index is 0.478. The molecule has 2 heterocycles. The van der Waals surface area contributed by atoms with E-state index in [2.05, 4.69) is 41.2 Å². The summed E-state index contributed by atoms with van der Waals surface area (Å²) in [5.41, 5.74) is 3.09. The van der Waals surface area contributed by atoms with Crippen molar-refractivity contribution in [2.24, 2.45) is 11.3 Å². The number of nitrogens with zero attached hydrogens (tertiary/aromatic N) is 2. The number of para-hydroxylation sites is 1. The predicted octanol–water partition coefficient (Wildman–Crippen LogP) is 3.38. The van der Waals surface area contributed by atoms with Crippen molar-refractivity contribution in [2.45, 2.75) is 45.6 Å². The molecule has 0 atom stereocenters. The first kappa shape index (κ1) is 13.3. The Labute approximate surface area is 126 Å². The van der Waals surface area contributed by atoms with Gasteiger partial charge in [0.05, 0.1) is 11.2 Å². The van der Waals surface area contributed by atoms with Crippen LogP contribution in [0.15, 0.2) is 24.3 Å². The van der Waals surface area contributed by atoms with E-state index in [1.165, 1.54) is 55.4 Å². The second kappa shape index (κ2) is 5.13. The summed E-state index contributed by atoms with van der Waals surface area (Å²) >= 11 is 0. The van der Waals surface area contributed by atoms with Crippen molar-refractivity contribution in [3.63, 3.8) is 0 Å². The quantitative estimate of drug-likeness (QED) is 0.932. The van der Waals surface area contributed by atoms with Gasteiger partial charge in [0.25, 0.3) is 0 Å². The van der Waals surface area contributed by atoms with Gasteiger partial charge in [-0.3, -0.25) is 4.68 Å². The molecule has 1 saturated carbocycles. The van der Waals surface area contributed by atoms with Gasteiger partial charge in [-0.15, -0.1) is 0 Å². The molecule has 2 aliphatic rings. The molecule has 1 N–H and O–H groups in total. The van der Waals surface area contributed by atoms with Gasteiger partial charge in [0, 0.05) is 36.9 Å². The number of rotatable bonds is 4. The summed E-state index contributed by atoms with van der Waals surface area (Å²) in [4.78, 5) is 0. The van der Waals surface area contributed by atoms with Gasteiger partial charge in [0.15, 0.2) is 0 Å². The van der Waals surface area contributed by atoms with Gasteiger partial charge >= 0.3 is 0 Å². The molecule has 3 heteroatoms. The zero-order valence-electron chi connectivity index (χ0n) is 12.9. The lowest BCUT2D eigenvalue weighted by molar-refractivity contribution is 0.0801. The first-order valence-corrected chi connectivity index (χ1v) is 8.47. The van der Waals surface area contributed by atoms with Crippen molar-refractivity contribution in [1.82, 2.24) is 15.1 Å². The predicted molar refractivity (Wildman–Crippen MR) is 86.4 cm³/mol. The van der Waals surface area contributed by atoms with E-state index >= 15 is 0 Å². The maximum atomic E-state index is 4.93. The molecule has 1 aliphatic heterocycles. The van der Waals surface area contributed by atoms with Crippen LogP contribution >= 0.6 is 0 Å².